The van der Waals surface area contributed by atoms with Crippen LogP contribution in [0.4, 0.5) is 0 Å². The molecule has 0 saturated carbocycles. The molecule has 0 heterocycles. The second kappa shape index (κ2) is 7.51. The monoisotopic (exact) mass is 334 g/mol. The molecular formula is C16H15BrOS. The Labute approximate surface area is 126 Å². The molecule has 0 aliphatic heterocycles. The van der Waals surface area contributed by atoms with Crippen molar-refractivity contribution in [2.75, 3.05) is 5.75 Å². The molecule has 0 fully saturated rings. The summed E-state index contributed by atoms with van der Waals surface area (Å²) in [5.41, 5.74) is 1.23. The molecule has 0 aliphatic carbocycles. The molecule has 0 aliphatic rings. The van der Waals surface area contributed by atoms with E-state index in [1.807, 2.05) is 42.5 Å². The number of carbonyl (C=O) groups excluding carboxylic acids is 1. The van der Waals surface area contributed by atoms with E-state index < -0.39 is 0 Å². The highest BCUT2D eigenvalue weighted by Gasteiger charge is 2.04. The van der Waals surface area contributed by atoms with Gasteiger partial charge in [0.05, 0.1) is 5.75 Å². The number of aryl methyl sites for hydroxylation is 1. The van der Waals surface area contributed by atoms with Gasteiger partial charge in [0.15, 0.2) is 0 Å². The first-order valence-electron chi connectivity index (χ1n) is 6.18. The highest BCUT2D eigenvalue weighted by molar-refractivity contribution is 9.10. The maximum atomic E-state index is 11.8. The van der Waals surface area contributed by atoms with Crippen molar-refractivity contribution in [2.45, 2.75) is 17.7 Å². The molecule has 0 saturated heterocycles. The number of hydrogen-bond donors (Lipinski definition) is 0. The summed E-state index contributed by atoms with van der Waals surface area (Å²) in [5.74, 6) is 0.853. The smallest absolute Gasteiger partial charge is 0.143 e. The summed E-state index contributed by atoms with van der Waals surface area (Å²) in [7, 11) is 0. The summed E-state index contributed by atoms with van der Waals surface area (Å²) in [5, 5.41) is 0. The third-order valence-electron chi connectivity index (χ3n) is 2.75. The molecule has 0 bridgehead atoms. The molecule has 3 heteroatoms. The quantitative estimate of drug-likeness (QED) is 0.709. The third-order valence-corrected chi connectivity index (χ3v) is 4.35. The minimum atomic E-state index is 0.303. The van der Waals surface area contributed by atoms with Crippen molar-refractivity contribution < 1.29 is 4.79 Å². The van der Waals surface area contributed by atoms with Gasteiger partial charge >= 0.3 is 0 Å². The second-order valence-electron chi connectivity index (χ2n) is 4.27. The zero-order valence-electron chi connectivity index (χ0n) is 10.5. The minimum Gasteiger partial charge on any atom is -0.299 e. The van der Waals surface area contributed by atoms with Crippen molar-refractivity contribution >= 4 is 33.5 Å². The summed E-state index contributed by atoms with van der Waals surface area (Å²) in [6, 6.07) is 18.2. The molecule has 2 rings (SSSR count). The van der Waals surface area contributed by atoms with Crippen LogP contribution in [0.3, 0.4) is 0 Å². The number of thioether (sulfide) groups is 1. The van der Waals surface area contributed by atoms with Crippen LogP contribution < -0.4 is 0 Å². The Hall–Kier alpha value is -1.06. The van der Waals surface area contributed by atoms with Crippen molar-refractivity contribution in [1.82, 2.24) is 0 Å². The third kappa shape index (κ3) is 5.21. The van der Waals surface area contributed by atoms with E-state index >= 15 is 0 Å². The van der Waals surface area contributed by atoms with Crippen molar-refractivity contribution in [3.63, 3.8) is 0 Å². The van der Waals surface area contributed by atoms with Crippen molar-refractivity contribution in [3.8, 4) is 0 Å². The molecule has 0 unspecified atom stereocenters. The fraction of sp³-hybridized carbons (Fsp3) is 0.188. The first-order chi connectivity index (χ1) is 9.24. The highest BCUT2D eigenvalue weighted by Crippen LogP contribution is 2.21. The van der Waals surface area contributed by atoms with Gasteiger partial charge in [-0.05, 0) is 36.2 Å². The van der Waals surface area contributed by atoms with Crippen molar-refractivity contribution in [3.05, 3.63) is 64.6 Å². The number of Topliss-reactive ketones (excluding diaryl/α,β-unsaturated/α-hetero) is 1. The van der Waals surface area contributed by atoms with E-state index in [9.17, 15) is 4.79 Å². The summed E-state index contributed by atoms with van der Waals surface area (Å²) < 4.78 is 1.06. The molecule has 0 amide bonds. The maximum absolute atomic E-state index is 11.8. The van der Waals surface area contributed by atoms with Gasteiger partial charge in [0.1, 0.15) is 5.78 Å². The van der Waals surface area contributed by atoms with Gasteiger partial charge in [0.2, 0.25) is 0 Å². The van der Waals surface area contributed by atoms with Gasteiger partial charge in [-0.25, -0.2) is 0 Å². The largest absolute Gasteiger partial charge is 0.299 e. The Bertz CT molecular complexity index is 522. The Morgan fingerprint density at radius 1 is 1.00 bits per heavy atom. The van der Waals surface area contributed by atoms with Crippen molar-refractivity contribution in [2.24, 2.45) is 0 Å². The zero-order valence-corrected chi connectivity index (χ0v) is 12.9. The average molecular weight is 335 g/mol. The lowest BCUT2D eigenvalue weighted by Gasteiger charge is -2.02. The van der Waals surface area contributed by atoms with E-state index in [0.717, 1.165) is 15.8 Å². The van der Waals surface area contributed by atoms with E-state index in [-0.39, 0.29) is 0 Å². The lowest BCUT2D eigenvalue weighted by atomic mass is 10.1. The molecule has 0 N–H and O–H groups in total. The van der Waals surface area contributed by atoms with Crippen molar-refractivity contribution in [1.29, 1.82) is 0 Å². The van der Waals surface area contributed by atoms with E-state index in [2.05, 4.69) is 28.1 Å². The van der Waals surface area contributed by atoms with Crippen LogP contribution in [-0.4, -0.2) is 11.5 Å². The fourth-order valence-corrected chi connectivity index (χ4v) is 2.76. The molecule has 1 nitrogen and oxygen atoms in total. The molecule has 0 radical (unpaired) electrons. The van der Waals surface area contributed by atoms with Crippen LogP contribution in [0.15, 0.2) is 64.0 Å². The van der Waals surface area contributed by atoms with Gasteiger partial charge in [-0.15, -0.1) is 11.8 Å². The summed E-state index contributed by atoms with van der Waals surface area (Å²) in [6.07, 6.45) is 1.45. The lowest BCUT2D eigenvalue weighted by molar-refractivity contribution is -0.116. The first kappa shape index (κ1) is 14.4. The van der Waals surface area contributed by atoms with E-state index in [1.165, 1.54) is 5.56 Å². The van der Waals surface area contributed by atoms with E-state index in [1.54, 1.807) is 11.8 Å². The van der Waals surface area contributed by atoms with Crippen LogP contribution in [-0.2, 0) is 11.2 Å². The number of carbonyl (C=O) groups is 1. The highest BCUT2D eigenvalue weighted by atomic mass is 79.9. The van der Waals surface area contributed by atoms with Gasteiger partial charge in [-0.1, -0.05) is 46.3 Å². The molecule has 0 aromatic heterocycles. The second-order valence-corrected chi connectivity index (χ2v) is 6.23. The predicted molar refractivity (Wildman–Crippen MR) is 84.6 cm³/mol. The standard InChI is InChI=1S/C16H15BrOS/c17-14-7-10-16(11-8-14)19-12-15(18)9-6-13-4-2-1-3-5-13/h1-5,7-8,10-11H,6,9,12H2. The molecule has 0 atom stereocenters. The fourth-order valence-electron chi connectivity index (χ4n) is 1.70. The van der Waals surface area contributed by atoms with Gasteiger partial charge in [0, 0.05) is 15.8 Å². The SMILES string of the molecule is O=C(CCc1ccccc1)CSc1ccc(Br)cc1. The Kier molecular flexibility index (Phi) is 5.67. The van der Waals surface area contributed by atoms with Crippen LogP contribution in [0.25, 0.3) is 0 Å². The molecular weight excluding hydrogens is 320 g/mol. The van der Waals surface area contributed by atoms with Crippen LogP contribution in [0.5, 0.6) is 0 Å². The Morgan fingerprint density at radius 3 is 2.37 bits per heavy atom. The van der Waals surface area contributed by atoms with Gasteiger partial charge < -0.3 is 0 Å². The Balaban J connectivity index is 1.74. The Morgan fingerprint density at radius 2 is 1.68 bits per heavy atom. The lowest BCUT2D eigenvalue weighted by Crippen LogP contribution is -2.03. The number of rotatable bonds is 6. The molecule has 2 aromatic rings. The number of halogens is 1. The topological polar surface area (TPSA) is 17.1 Å². The van der Waals surface area contributed by atoms with Crippen LogP contribution in [0, 0.1) is 0 Å². The number of ketones is 1. The zero-order chi connectivity index (χ0) is 13.5. The molecule has 19 heavy (non-hydrogen) atoms. The van der Waals surface area contributed by atoms with Gasteiger partial charge in [0.25, 0.3) is 0 Å². The first-order valence-corrected chi connectivity index (χ1v) is 7.96. The minimum absolute atomic E-state index is 0.303. The molecule has 98 valence electrons. The normalized spacial score (nSPS) is 10.4. The predicted octanol–water partition coefficient (Wildman–Crippen LogP) is 4.74. The van der Waals surface area contributed by atoms with Crippen LogP contribution in [0.2, 0.25) is 0 Å². The molecule has 2 aromatic carbocycles. The summed E-state index contributed by atoms with van der Waals surface area (Å²) in [4.78, 5) is 13.0. The number of hydrogen-bond acceptors (Lipinski definition) is 2. The van der Waals surface area contributed by atoms with Crippen LogP contribution >= 0.6 is 27.7 Å². The van der Waals surface area contributed by atoms with E-state index in [0.29, 0.717) is 18.0 Å². The average Bonchev–Trinajstić information content (AvgIpc) is 2.45. The maximum Gasteiger partial charge on any atom is 0.143 e. The van der Waals surface area contributed by atoms with Gasteiger partial charge in [-0.3, -0.25) is 4.79 Å². The van der Waals surface area contributed by atoms with Crippen LogP contribution in [0.1, 0.15) is 12.0 Å². The van der Waals surface area contributed by atoms with Gasteiger partial charge in [-0.2, -0.15) is 0 Å². The summed E-state index contributed by atoms with van der Waals surface area (Å²) >= 11 is 5.00. The molecule has 0 spiro atoms. The van der Waals surface area contributed by atoms with E-state index in [4.69, 9.17) is 0 Å². The number of benzene rings is 2. The summed E-state index contributed by atoms with van der Waals surface area (Å²) in [6.45, 7) is 0.